The van der Waals surface area contributed by atoms with Crippen LogP contribution in [0.15, 0.2) is 39.6 Å². The Morgan fingerprint density at radius 1 is 1.11 bits per heavy atom. The molecule has 0 atom stereocenters. The normalized spacial score (nSPS) is 11.6. The predicted octanol–water partition coefficient (Wildman–Crippen LogP) is 3.27. The van der Waals surface area contributed by atoms with Crippen molar-refractivity contribution in [3.8, 4) is 5.75 Å². The van der Waals surface area contributed by atoms with Crippen LogP contribution in [0.4, 0.5) is 5.69 Å². The summed E-state index contributed by atoms with van der Waals surface area (Å²) in [5.74, 6) is -0.0466. The minimum atomic E-state index is -3.92. The lowest BCUT2D eigenvalue weighted by molar-refractivity contribution is 0.0997. The van der Waals surface area contributed by atoms with Gasteiger partial charge in [-0.15, -0.1) is 0 Å². The summed E-state index contributed by atoms with van der Waals surface area (Å²) >= 11 is 0. The second-order valence-corrected chi connectivity index (χ2v) is 7.88. The first kappa shape index (κ1) is 18.9. The number of hydrogen-bond acceptors (Lipinski definition) is 5. The number of furan rings is 1. The first-order valence-electron chi connectivity index (χ1n) is 8.15. The Labute approximate surface area is 157 Å². The van der Waals surface area contributed by atoms with Crippen LogP contribution < -0.4 is 15.2 Å². The Kier molecular flexibility index (Phi) is 4.71. The van der Waals surface area contributed by atoms with Crippen LogP contribution >= 0.6 is 0 Å². The van der Waals surface area contributed by atoms with E-state index in [9.17, 15) is 13.2 Å². The Hall–Kier alpha value is -2.84. The molecule has 0 saturated heterocycles. The number of fused-ring (bicyclic) bond motifs is 1. The van der Waals surface area contributed by atoms with E-state index in [-0.39, 0.29) is 16.3 Å². The van der Waals surface area contributed by atoms with Gasteiger partial charge in [0.1, 0.15) is 11.3 Å². The number of benzene rings is 2. The Balaban J connectivity index is 2.06. The molecule has 3 N–H and O–H groups in total. The third-order valence-electron chi connectivity index (χ3n) is 4.44. The molecule has 0 aliphatic carbocycles. The third-order valence-corrected chi connectivity index (χ3v) is 5.35. The number of nitrogens with one attached hydrogen (secondary N) is 1. The quantitative estimate of drug-likeness (QED) is 0.712. The van der Waals surface area contributed by atoms with Gasteiger partial charge in [-0.05, 0) is 50.1 Å². The van der Waals surface area contributed by atoms with Crippen molar-refractivity contribution in [1.29, 1.82) is 0 Å². The summed E-state index contributed by atoms with van der Waals surface area (Å²) in [6.45, 7) is 5.67. The van der Waals surface area contributed by atoms with Gasteiger partial charge in [-0.25, -0.2) is 13.6 Å². The van der Waals surface area contributed by atoms with Gasteiger partial charge in [0, 0.05) is 10.9 Å². The molecule has 0 bridgehead atoms. The Morgan fingerprint density at radius 2 is 1.78 bits per heavy atom. The van der Waals surface area contributed by atoms with Crippen LogP contribution in [-0.2, 0) is 10.0 Å². The number of nitrogens with two attached hydrogens (primary N) is 1. The van der Waals surface area contributed by atoms with Crippen LogP contribution in [0.2, 0.25) is 0 Å². The van der Waals surface area contributed by atoms with Crippen molar-refractivity contribution >= 4 is 32.6 Å². The van der Waals surface area contributed by atoms with Crippen molar-refractivity contribution in [2.24, 2.45) is 5.14 Å². The highest BCUT2D eigenvalue weighted by Gasteiger charge is 2.22. The molecule has 1 amide bonds. The molecule has 0 unspecified atom stereocenters. The average Bonchev–Trinajstić information content (AvgIpc) is 2.96. The molecular weight excluding hydrogens is 368 g/mol. The third kappa shape index (κ3) is 3.41. The van der Waals surface area contributed by atoms with E-state index in [2.05, 4.69) is 5.32 Å². The zero-order valence-corrected chi connectivity index (χ0v) is 16.2. The van der Waals surface area contributed by atoms with E-state index in [0.29, 0.717) is 16.9 Å². The largest absolute Gasteiger partial charge is 0.495 e. The number of anilines is 1. The van der Waals surface area contributed by atoms with Crippen LogP contribution in [-0.4, -0.2) is 21.4 Å². The maximum atomic E-state index is 12.8. The fraction of sp³-hybridized carbons (Fsp3) is 0.211. The second kappa shape index (κ2) is 6.71. The monoisotopic (exact) mass is 388 g/mol. The van der Waals surface area contributed by atoms with Gasteiger partial charge in [0.15, 0.2) is 5.76 Å². The first-order chi connectivity index (χ1) is 12.6. The van der Waals surface area contributed by atoms with Crippen LogP contribution in [0.5, 0.6) is 5.75 Å². The number of primary sulfonamides is 1. The average molecular weight is 388 g/mol. The van der Waals surface area contributed by atoms with Gasteiger partial charge in [-0.2, -0.15) is 0 Å². The molecule has 1 aromatic heterocycles. The van der Waals surface area contributed by atoms with Crippen LogP contribution in [0, 0.1) is 20.8 Å². The highest BCUT2D eigenvalue weighted by Crippen LogP contribution is 2.32. The summed E-state index contributed by atoms with van der Waals surface area (Å²) in [5.41, 5.74) is 3.48. The van der Waals surface area contributed by atoms with Gasteiger partial charge in [0.2, 0.25) is 10.0 Å². The summed E-state index contributed by atoms with van der Waals surface area (Å²) in [7, 11) is -2.50. The minimum Gasteiger partial charge on any atom is -0.495 e. The van der Waals surface area contributed by atoms with Crippen LogP contribution in [0.25, 0.3) is 11.0 Å². The summed E-state index contributed by atoms with van der Waals surface area (Å²) in [6.07, 6.45) is 0. The number of amides is 1. The molecule has 142 valence electrons. The summed E-state index contributed by atoms with van der Waals surface area (Å²) < 4.78 is 34.2. The highest BCUT2D eigenvalue weighted by atomic mass is 32.2. The molecule has 1 heterocycles. The molecule has 3 rings (SSSR count). The van der Waals surface area contributed by atoms with Crippen molar-refractivity contribution in [2.75, 3.05) is 12.4 Å². The molecule has 0 aliphatic rings. The number of methoxy groups -OCH3 is 1. The van der Waals surface area contributed by atoms with E-state index in [0.717, 1.165) is 16.5 Å². The molecule has 0 saturated carbocycles. The van der Waals surface area contributed by atoms with E-state index in [1.165, 1.54) is 25.3 Å². The van der Waals surface area contributed by atoms with Crippen molar-refractivity contribution in [3.63, 3.8) is 0 Å². The number of hydrogen-bond donors (Lipinski definition) is 2. The number of sulfonamides is 1. The molecule has 2 aromatic carbocycles. The van der Waals surface area contributed by atoms with Crippen molar-refractivity contribution < 1.29 is 22.4 Å². The first-order valence-corrected chi connectivity index (χ1v) is 9.69. The van der Waals surface area contributed by atoms with Gasteiger partial charge < -0.3 is 14.5 Å². The van der Waals surface area contributed by atoms with Crippen molar-refractivity contribution in [3.05, 3.63) is 52.8 Å². The number of ether oxygens (including phenoxy) is 1. The zero-order chi connectivity index (χ0) is 19.9. The van der Waals surface area contributed by atoms with Gasteiger partial charge in [0.05, 0.1) is 17.7 Å². The van der Waals surface area contributed by atoms with Crippen LogP contribution in [0.3, 0.4) is 0 Å². The molecular formula is C19H20N2O5S. The lowest BCUT2D eigenvalue weighted by atomic mass is 10.0. The Morgan fingerprint density at radius 3 is 2.37 bits per heavy atom. The lowest BCUT2D eigenvalue weighted by Crippen LogP contribution is -2.15. The summed E-state index contributed by atoms with van der Waals surface area (Å²) in [4.78, 5) is 12.7. The highest BCUT2D eigenvalue weighted by molar-refractivity contribution is 7.89. The molecule has 0 radical (unpaired) electrons. The van der Waals surface area contributed by atoms with E-state index in [1.54, 1.807) is 0 Å². The van der Waals surface area contributed by atoms with E-state index >= 15 is 0 Å². The number of carbonyl (C=O) groups is 1. The van der Waals surface area contributed by atoms with Crippen molar-refractivity contribution in [1.82, 2.24) is 0 Å². The number of aryl methyl sites for hydroxylation is 3. The Bertz CT molecular complexity index is 1160. The molecule has 0 aliphatic heterocycles. The molecule has 7 nitrogen and oxygen atoms in total. The number of carbonyl (C=O) groups excluding carboxylic acids is 1. The van der Waals surface area contributed by atoms with E-state index in [1.807, 2.05) is 32.9 Å². The zero-order valence-electron chi connectivity index (χ0n) is 15.4. The fourth-order valence-electron chi connectivity index (χ4n) is 3.03. The lowest BCUT2D eigenvalue weighted by Gasteiger charge is -2.11. The van der Waals surface area contributed by atoms with E-state index < -0.39 is 15.9 Å². The SMILES string of the molecule is COc1ccc(S(N)(=O)=O)cc1NC(=O)c1oc2c(C)ccc(C)c2c1C. The van der Waals surface area contributed by atoms with E-state index in [4.69, 9.17) is 14.3 Å². The molecule has 3 aromatic rings. The number of rotatable bonds is 4. The molecule has 27 heavy (non-hydrogen) atoms. The van der Waals surface area contributed by atoms with Crippen LogP contribution in [0.1, 0.15) is 27.2 Å². The molecule has 8 heteroatoms. The van der Waals surface area contributed by atoms with Gasteiger partial charge >= 0.3 is 0 Å². The minimum absolute atomic E-state index is 0.133. The molecule has 0 fully saturated rings. The maximum absolute atomic E-state index is 12.8. The van der Waals surface area contributed by atoms with Gasteiger partial charge in [0.25, 0.3) is 5.91 Å². The standard InChI is InChI=1S/C19H20N2O5S/c1-10-5-6-11(2)17-16(10)12(3)18(26-17)19(22)21-14-9-13(27(20,23)24)7-8-15(14)25-4/h5-9H,1-4H3,(H,21,22)(H2,20,23,24). The topological polar surface area (TPSA) is 112 Å². The maximum Gasteiger partial charge on any atom is 0.291 e. The smallest absolute Gasteiger partial charge is 0.291 e. The van der Waals surface area contributed by atoms with Gasteiger partial charge in [-0.3, -0.25) is 4.79 Å². The summed E-state index contributed by atoms with van der Waals surface area (Å²) in [5, 5.41) is 8.71. The van der Waals surface area contributed by atoms with Crippen molar-refractivity contribution in [2.45, 2.75) is 25.7 Å². The fourth-order valence-corrected chi connectivity index (χ4v) is 3.57. The second-order valence-electron chi connectivity index (χ2n) is 6.32. The van der Waals surface area contributed by atoms with Gasteiger partial charge in [-0.1, -0.05) is 12.1 Å². The summed E-state index contributed by atoms with van der Waals surface area (Å²) in [6, 6.07) is 7.89. The predicted molar refractivity (Wildman–Crippen MR) is 103 cm³/mol. The molecule has 0 spiro atoms.